The highest BCUT2D eigenvalue weighted by molar-refractivity contribution is 7.09. The van der Waals surface area contributed by atoms with Crippen molar-refractivity contribution in [1.29, 1.82) is 0 Å². The molecule has 0 atom stereocenters. The molecular formula is C14H22N2S. The van der Waals surface area contributed by atoms with Gasteiger partial charge in [0, 0.05) is 11.3 Å². The number of thiazole rings is 1. The molecule has 0 amide bonds. The van der Waals surface area contributed by atoms with Crippen molar-refractivity contribution in [2.45, 2.75) is 69.2 Å². The second-order valence-corrected chi connectivity index (χ2v) is 6.63. The van der Waals surface area contributed by atoms with E-state index in [0.717, 1.165) is 18.8 Å². The molecule has 2 nitrogen and oxygen atoms in total. The molecule has 1 aromatic rings. The highest BCUT2D eigenvalue weighted by atomic mass is 32.1. The van der Waals surface area contributed by atoms with Crippen molar-refractivity contribution in [3.05, 3.63) is 16.1 Å². The van der Waals surface area contributed by atoms with Crippen molar-refractivity contribution in [2.24, 2.45) is 5.73 Å². The summed E-state index contributed by atoms with van der Waals surface area (Å²) >= 11 is 1.80. The summed E-state index contributed by atoms with van der Waals surface area (Å²) in [5.41, 5.74) is 7.72. The van der Waals surface area contributed by atoms with Crippen LogP contribution in [0.25, 0.3) is 0 Å². The van der Waals surface area contributed by atoms with E-state index in [2.05, 4.69) is 5.38 Å². The van der Waals surface area contributed by atoms with E-state index in [1.54, 1.807) is 11.3 Å². The normalized spacial score (nSPS) is 25.2. The second-order valence-electron chi connectivity index (χ2n) is 5.78. The molecule has 3 heteroatoms. The third-order valence-electron chi connectivity index (χ3n) is 4.47. The number of nitrogens with two attached hydrogens (primary N) is 1. The highest BCUT2D eigenvalue weighted by Crippen LogP contribution is 2.40. The van der Waals surface area contributed by atoms with Crippen molar-refractivity contribution in [2.75, 3.05) is 0 Å². The average molecular weight is 250 g/mol. The van der Waals surface area contributed by atoms with Crippen molar-refractivity contribution < 1.29 is 0 Å². The fourth-order valence-electron chi connectivity index (χ4n) is 3.32. The molecule has 0 aliphatic heterocycles. The smallest absolute Gasteiger partial charge is 0.113 e. The van der Waals surface area contributed by atoms with Crippen molar-refractivity contribution in [1.82, 2.24) is 4.98 Å². The van der Waals surface area contributed by atoms with E-state index in [9.17, 15) is 0 Å². The molecule has 0 aromatic carbocycles. The number of hydrogen-bond acceptors (Lipinski definition) is 3. The Labute approximate surface area is 108 Å². The molecule has 2 aliphatic carbocycles. The van der Waals surface area contributed by atoms with Crippen LogP contribution in [0.4, 0.5) is 0 Å². The summed E-state index contributed by atoms with van der Waals surface area (Å²) in [4.78, 5) is 4.88. The summed E-state index contributed by atoms with van der Waals surface area (Å²) in [6, 6.07) is 0. The lowest BCUT2D eigenvalue weighted by Crippen LogP contribution is -2.33. The molecule has 3 rings (SSSR count). The fraction of sp³-hybridized carbons (Fsp3) is 0.786. The first-order valence-corrected chi connectivity index (χ1v) is 7.91. The summed E-state index contributed by atoms with van der Waals surface area (Å²) in [5, 5.41) is 3.48. The molecule has 0 radical (unpaired) electrons. The van der Waals surface area contributed by atoms with E-state index in [0.29, 0.717) is 0 Å². The van der Waals surface area contributed by atoms with Gasteiger partial charge in [-0.2, -0.15) is 0 Å². The van der Waals surface area contributed by atoms with Gasteiger partial charge in [-0.1, -0.05) is 32.1 Å². The lowest BCUT2D eigenvalue weighted by Gasteiger charge is -2.21. The van der Waals surface area contributed by atoms with Crippen molar-refractivity contribution in [3.63, 3.8) is 0 Å². The first-order valence-electron chi connectivity index (χ1n) is 7.03. The minimum Gasteiger partial charge on any atom is -0.319 e. The maximum absolute atomic E-state index is 6.47. The molecule has 2 N–H and O–H groups in total. The van der Waals surface area contributed by atoms with Crippen LogP contribution in [-0.4, -0.2) is 4.98 Å². The molecule has 2 fully saturated rings. The van der Waals surface area contributed by atoms with Gasteiger partial charge in [0.25, 0.3) is 0 Å². The van der Waals surface area contributed by atoms with Crippen molar-refractivity contribution >= 4 is 11.3 Å². The zero-order valence-corrected chi connectivity index (χ0v) is 11.3. The first kappa shape index (κ1) is 11.7. The highest BCUT2D eigenvalue weighted by Gasteiger charge is 2.34. The Hall–Kier alpha value is -0.410. The molecule has 2 aliphatic rings. The summed E-state index contributed by atoms with van der Waals surface area (Å²) < 4.78 is 0. The molecule has 0 bridgehead atoms. The van der Waals surface area contributed by atoms with Gasteiger partial charge in [0.15, 0.2) is 0 Å². The van der Waals surface area contributed by atoms with E-state index in [4.69, 9.17) is 10.7 Å². The second kappa shape index (κ2) is 4.69. The van der Waals surface area contributed by atoms with Crippen molar-refractivity contribution in [3.8, 4) is 0 Å². The van der Waals surface area contributed by atoms with E-state index in [1.165, 1.54) is 55.6 Å². The Kier molecular flexibility index (Phi) is 3.22. The zero-order valence-electron chi connectivity index (χ0n) is 10.5. The molecule has 1 heterocycles. The Morgan fingerprint density at radius 1 is 1.12 bits per heavy atom. The minimum atomic E-state index is -0.0857. The number of hydrogen-bond donors (Lipinski definition) is 1. The predicted octanol–water partition coefficient (Wildman–Crippen LogP) is 3.92. The van der Waals surface area contributed by atoms with Gasteiger partial charge >= 0.3 is 0 Å². The van der Waals surface area contributed by atoms with E-state index < -0.39 is 0 Å². The standard InChI is InChI=1S/C14H22N2S/c15-14(8-4-5-9-14)13-16-12(10-17-13)11-6-2-1-3-7-11/h10-11H,1-9,15H2. The lowest BCUT2D eigenvalue weighted by atomic mass is 9.87. The van der Waals surface area contributed by atoms with Gasteiger partial charge in [0.1, 0.15) is 5.01 Å². The van der Waals surface area contributed by atoms with E-state index in [1.807, 2.05) is 0 Å². The maximum atomic E-state index is 6.47. The summed E-state index contributed by atoms with van der Waals surface area (Å²) in [7, 11) is 0. The first-order chi connectivity index (χ1) is 8.28. The van der Waals surface area contributed by atoms with Crippen LogP contribution in [0.2, 0.25) is 0 Å². The lowest BCUT2D eigenvalue weighted by molar-refractivity contribution is 0.428. The number of rotatable bonds is 2. The molecular weight excluding hydrogens is 228 g/mol. The minimum absolute atomic E-state index is 0.0857. The largest absolute Gasteiger partial charge is 0.319 e. The zero-order chi connectivity index (χ0) is 11.7. The monoisotopic (exact) mass is 250 g/mol. The van der Waals surface area contributed by atoms with Gasteiger partial charge in [0.05, 0.1) is 11.2 Å². The third kappa shape index (κ3) is 2.27. The molecule has 0 saturated heterocycles. The van der Waals surface area contributed by atoms with Gasteiger partial charge in [-0.05, 0) is 25.7 Å². The van der Waals surface area contributed by atoms with Crippen LogP contribution < -0.4 is 5.73 Å². The third-order valence-corrected chi connectivity index (χ3v) is 5.55. The van der Waals surface area contributed by atoms with Crippen LogP contribution in [-0.2, 0) is 5.54 Å². The van der Waals surface area contributed by atoms with Crippen LogP contribution in [0.15, 0.2) is 5.38 Å². The summed E-state index contributed by atoms with van der Waals surface area (Å²) in [5.74, 6) is 0.721. The molecule has 1 aromatic heterocycles. The van der Waals surface area contributed by atoms with Crippen LogP contribution in [0.1, 0.15) is 74.4 Å². The number of nitrogens with zero attached hydrogens (tertiary/aromatic N) is 1. The Bertz CT molecular complexity index is 373. The van der Waals surface area contributed by atoms with E-state index in [-0.39, 0.29) is 5.54 Å². The summed E-state index contributed by atoms with van der Waals surface area (Å²) in [6.45, 7) is 0. The van der Waals surface area contributed by atoms with Gasteiger partial charge in [-0.25, -0.2) is 4.98 Å². The summed E-state index contributed by atoms with van der Waals surface area (Å²) in [6.07, 6.45) is 11.6. The molecule has 0 spiro atoms. The fourth-order valence-corrected chi connectivity index (χ4v) is 4.39. The predicted molar refractivity (Wildman–Crippen MR) is 72.3 cm³/mol. The average Bonchev–Trinajstić information content (AvgIpc) is 2.99. The van der Waals surface area contributed by atoms with Gasteiger partial charge in [-0.3, -0.25) is 0 Å². The van der Waals surface area contributed by atoms with E-state index >= 15 is 0 Å². The Morgan fingerprint density at radius 2 is 1.82 bits per heavy atom. The van der Waals surface area contributed by atoms with Gasteiger partial charge in [-0.15, -0.1) is 11.3 Å². The topological polar surface area (TPSA) is 38.9 Å². The molecule has 2 saturated carbocycles. The quantitative estimate of drug-likeness (QED) is 0.864. The SMILES string of the molecule is NC1(c2nc(C3CCCCC3)cs2)CCCC1. The Balaban J connectivity index is 1.77. The molecule has 94 valence electrons. The molecule has 0 unspecified atom stereocenters. The molecule has 17 heavy (non-hydrogen) atoms. The maximum Gasteiger partial charge on any atom is 0.113 e. The van der Waals surface area contributed by atoms with Crippen LogP contribution in [0, 0.1) is 0 Å². The van der Waals surface area contributed by atoms with Crippen LogP contribution in [0.5, 0.6) is 0 Å². The number of aromatic nitrogens is 1. The van der Waals surface area contributed by atoms with Gasteiger partial charge < -0.3 is 5.73 Å². The Morgan fingerprint density at radius 3 is 2.53 bits per heavy atom. The van der Waals surface area contributed by atoms with Gasteiger partial charge in [0.2, 0.25) is 0 Å². The van der Waals surface area contributed by atoms with Crippen LogP contribution >= 0.6 is 11.3 Å². The van der Waals surface area contributed by atoms with Crippen LogP contribution in [0.3, 0.4) is 0 Å².